The molecule has 0 aliphatic heterocycles. The Balaban J connectivity index is -0.000000574. The Morgan fingerprint density at radius 2 is 0.886 bits per heavy atom. The van der Waals surface area contributed by atoms with E-state index in [1.165, 1.54) is 25.7 Å². The number of ether oxygens (including phenoxy) is 3. The van der Waals surface area contributed by atoms with Crippen LogP contribution < -0.4 is 0 Å². The molecule has 0 saturated carbocycles. The fraction of sp³-hybridized carbons (Fsp3) is 0.921. The molecule has 264 valence electrons. The molecule has 0 aromatic carbocycles. The normalized spacial score (nSPS) is 12.5. The average molecular weight is 629 g/mol. The van der Waals surface area contributed by atoms with Gasteiger partial charge in [0.25, 0.3) is 0 Å². The molecule has 0 spiro atoms. The van der Waals surface area contributed by atoms with E-state index >= 15 is 0 Å². The SMILES string of the molecule is CCCCCC(=O)OC(CC)CCCC.CCCCCC(=O)OCC(C)CCC.CCCCCCCC(=O)OCC(C)CC. The number of unbranched alkanes of at least 4 members (excludes halogenated alkanes) is 9. The quantitative estimate of drug-likeness (QED) is 0.0538. The first kappa shape index (κ1) is 46.8. The Bertz CT molecular complexity index is 620. The molecule has 0 aliphatic carbocycles. The molecule has 0 aromatic rings. The van der Waals surface area contributed by atoms with Gasteiger partial charge in [0.15, 0.2) is 0 Å². The van der Waals surface area contributed by atoms with Gasteiger partial charge in [0, 0.05) is 19.3 Å². The lowest BCUT2D eigenvalue weighted by molar-refractivity contribution is -0.150. The Morgan fingerprint density at radius 3 is 1.34 bits per heavy atom. The average Bonchev–Trinajstić information content (AvgIpc) is 3.01. The summed E-state index contributed by atoms with van der Waals surface area (Å²) in [4.78, 5) is 33.9. The van der Waals surface area contributed by atoms with Gasteiger partial charge in [-0.2, -0.15) is 0 Å². The van der Waals surface area contributed by atoms with Crippen molar-refractivity contribution < 1.29 is 28.6 Å². The Labute approximate surface area is 274 Å². The Morgan fingerprint density at radius 1 is 0.455 bits per heavy atom. The zero-order chi connectivity index (χ0) is 33.8. The van der Waals surface area contributed by atoms with E-state index in [4.69, 9.17) is 14.2 Å². The van der Waals surface area contributed by atoms with Gasteiger partial charge in [0.05, 0.1) is 13.2 Å². The molecule has 0 bridgehead atoms. The van der Waals surface area contributed by atoms with E-state index in [0.29, 0.717) is 44.3 Å². The van der Waals surface area contributed by atoms with Crippen LogP contribution in [0, 0.1) is 11.8 Å². The van der Waals surface area contributed by atoms with Crippen molar-refractivity contribution >= 4 is 17.9 Å². The summed E-state index contributed by atoms with van der Waals surface area (Å²) in [7, 11) is 0. The number of hydrogen-bond acceptors (Lipinski definition) is 6. The number of rotatable bonds is 26. The lowest BCUT2D eigenvalue weighted by atomic mass is 10.1. The molecular formula is C38H76O6. The monoisotopic (exact) mass is 629 g/mol. The van der Waals surface area contributed by atoms with E-state index in [1.807, 2.05) is 0 Å². The summed E-state index contributed by atoms with van der Waals surface area (Å²) in [6, 6.07) is 0. The fourth-order valence-corrected chi connectivity index (χ4v) is 4.24. The minimum Gasteiger partial charge on any atom is -0.465 e. The highest BCUT2D eigenvalue weighted by Crippen LogP contribution is 2.11. The van der Waals surface area contributed by atoms with Crippen molar-refractivity contribution in [2.45, 2.75) is 203 Å². The minimum absolute atomic E-state index is 0.00796. The predicted molar refractivity (Wildman–Crippen MR) is 187 cm³/mol. The van der Waals surface area contributed by atoms with Crippen LogP contribution in [-0.2, 0) is 28.6 Å². The maximum absolute atomic E-state index is 11.4. The molecule has 0 radical (unpaired) electrons. The fourth-order valence-electron chi connectivity index (χ4n) is 4.24. The summed E-state index contributed by atoms with van der Waals surface area (Å²) in [5.41, 5.74) is 0. The van der Waals surface area contributed by atoms with Crippen LogP contribution >= 0.6 is 0 Å². The minimum atomic E-state index is -0.0265. The summed E-state index contributed by atoms with van der Waals surface area (Å²) < 4.78 is 15.7. The summed E-state index contributed by atoms with van der Waals surface area (Å²) in [5.74, 6) is 0.948. The lowest BCUT2D eigenvalue weighted by Crippen LogP contribution is -2.17. The van der Waals surface area contributed by atoms with Crippen molar-refractivity contribution in [3.05, 3.63) is 0 Å². The number of carbonyl (C=O) groups is 3. The second kappa shape index (κ2) is 37.6. The van der Waals surface area contributed by atoms with Crippen molar-refractivity contribution in [3.63, 3.8) is 0 Å². The molecule has 0 amide bonds. The predicted octanol–water partition coefficient (Wildman–Crippen LogP) is 11.6. The van der Waals surface area contributed by atoms with Crippen molar-refractivity contribution in [1.29, 1.82) is 0 Å². The highest BCUT2D eigenvalue weighted by atomic mass is 16.5. The largest absolute Gasteiger partial charge is 0.465 e. The van der Waals surface area contributed by atoms with Gasteiger partial charge >= 0.3 is 17.9 Å². The van der Waals surface area contributed by atoms with Crippen LogP contribution in [0.3, 0.4) is 0 Å². The maximum Gasteiger partial charge on any atom is 0.306 e. The van der Waals surface area contributed by atoms with Gasteiger partial charge in [0.1, 0.15) is 6.10 Å². The second-order valence-corrected chi connectivity index (χ2v) is 12.5. The first-order chi connectivity index (χ1) is 21.1. The van der Waals surface area contributed by atoms with E-state index < -0.39 is 0 Å². The van der Waals surface area contributed by atoms with Crippen LogP contribution in [0.2, 0.25) is 0 Å². The first-order valence-corrected chi connectivity index (χ1v) is 18.7. The molecule has 0 saturated heterocycles. The zero-order valence-electron chi connectivity index (χ0n) is 30.9. The molecule has 0 fully saturated rings. The van der Waals surface area contributed by atoms with Crippen molar-refractivity contribution in [2.24, 2.45) is 11.8 Å². The van der Waals surface area contributed by atoms with Crippen LogP contribution in [-0.4, -0.2) is 37.2 Å². The topological polar surface area (TPSA) is 78.9 Å². The van der Waals surface area contributed by atoms with Crippen LogP contribution in [0.15, 0.2) is 0 Å². The van der Waals surface area contributed by atoms with Gasteiger partial charge in [-0.05, 0) is 50.4 Å². The third-order valence-electron chi connectivity index (χ3n) is 7.62. The third kappa shape index (κ3) is 38.4. The molecular weight excluding hydrogens is 552 g/mol. The van der Waals surface area contributed by atoms with Gasteiger partial charge in [-0.3, -0.25) is 14.4 Å². The number of hydrogen-bond donors (Lipinski definition) is 0. The second-order valence-electron chi connectivity index (χ2n) is 12.5. The molecule has 3 atom stereocenters. The lowest BCUT2D eigenvalue weighted by Gasteiger charge is -2.15. The summed E-state index contributed by atoms with van der Waals surface area (Å²) in [5, 5.41) is 0. The van der Waals surface area contributed by atoms with Gasteiger partial charge in [-0.15, -0.1) is 0 Å². The molecule has 3 unspecified atom stereocenters. The summed E-state index contributed by atoms with van der Waals surface area (Å²) in [6.45, 7) is 20.4. The zero-order valence-corrected chi connectivity index (χ0v) is 30.9. The third-order valence-corrected chi connectivity index (χ3v) is 7.62. The van der Waals surface area contributed by atoms with Crippen LogP contribution in [0.1, 0.15) is 197 Å². The smallest absolute Gasteiger partial charge is 0.306 e. The summed E-state index contributed by atoms with van der Waals surface area (Å²) in [6.07, 6.45) is 22.0. The van der Waals surface area contributed by atoms with E-state index in [2.05, 4.69) is 62.3 Å². The molecule has 0 N–H and O–H groups in total. The van der Waals surface area contributed by atoms with Gasteiger partial charge in [0.2, 0.25) is 0 Å². The van der Waals surface area contributed by atoms with Gasteiger partial charge < -0.3 is 14.2 Å². The number of esters is 3. The molecule has 0 heterocycles. The van der Waals surface area contributed by atoms with E-state index in [0.717, 1.165) is 89.9 Å². The first-order valence-electron chi connectivity index (χ1n) is 18.7. The molecule has 6 nitrogen and oxygen atoms in total. The maximum atomic E-state index is 11.4. The van der Waals surface area contributed by atoms with Crippen LogP contribution in [0.5, 0.6) is 0 Å². The van der Waals surface area contributed by atoms with Gasteiger partial charge in [-0.1, -0.05) is 139 Å². The Hall–Kier alpha value is -1.59. The van der Waals surface area contributed by atoms with Crippen molar-refractivity contribution in [1.82, 2.24) is 0 Å². The highest BCUT2D eigenvalue weighted by molar-refractivity contribution is 5.70. The molecule has 6 heteroatoms. The molecule has 44 heavy (non-hydrogen) atoms. The van der Waals surface area contributed by atoms with Gasteiger partial charge in [-0.25, -0.2) is 0 Å². The van der Waals surface area contributed by atoms with Crippen molar-refractivity contribution in [2.75, 3.05) is 13.2 Å². The van der Waals surface area contributed by atoms with E-state index in [-0.39, 0.29) is 24.0 Å². The molecule has 0 aromatic heterocycles. The Kier molecular flexibility index (Phi) is 40.0. The van der Waals surface area contributed by atoms with Crippen molar-refractivity contribution in [3.8, 4) is 0 Å². The standard InChI is InChI=1S/2C13H26O2.C12H24O2/c1-4-6-7-8-9-10-13(14)15-11-12(3)5-2;1-4-7-9-11-13(14)15-12(6-3)10-8-5-2;1-4-6-7-9-12(13)14-10-11(3)8-5-2/h2*12H,4-11H2,1-3H3;11H,4-10H2,1-3H3. The molecule has 0 rings (SSSR count). The highest BCUT2D eigenvalue weighted by Gasteiger charge is 2.11. The van der Waals surface area contributed by atoms with E-state index in [9.17, 15) is 14.4 Å². The van der Waals surface area contributed by atoms with Crippen LogP contribution in [0.4, 0.5) is 0 Å². The molecule has 0 aliphatic rings. The summed E-state index contributed by atoms with van der Waals surface area (Å²) >= 11 is 0. The van der Waals surface area contributed by atoms with E-state index in [1.54, 1.807) is 0 Å². The van der Waals surface area contributed by atoms with Crippen LogP contribution in [0.25, 0.3) is 0 Å². The number of carbonyl (C=O) groups excluding carboxylic acids is 3.